The van der Waals surface area contributed by atoms with E-state index >= 15 is 0 Å². The Morgan fingerprint density at radius 2 is 1.91 bits per heavy atom. The minimum absolute atomic E-state index is 0. The van der Waals surface area contributed by atoms with Crippen LogP contribution in [0.15, 0.2) is 18.5 Å². The molecule has 0 aromatic carbocycles. The highest BCUT2D eigenvalue weighted by atomic mass is 35.5. The Hall–Kier alpha value is -1.57. The van der Waals surface area contributed by atoms with Crippen LogP contribution in [0.5, 0.6) is 0 Å². The normalized spacial score (nSPS) is 11.0. The lowest BCUT2D eigenvalue weighted by Crippen LogP contribution is -2.49. The van der Waals surface area contributed by atoms with Crippen molar-refractivity contribution in [1.82, 2.24) is 20.3 Å². The van der Waals surface area contributed by atoms with Gasteiger partial charge in [-0.2, -0.15) is 0 Å². The van der Waals surface area contributed by atoms with Crippen LogP contribution in [0.3, 0.4) is 0 Å². The maximum absolute atomic E-state index is 12.4. The molecule has 2 aromatic rings. The Balaban J connectivity index is 0.00000264. The topological polar surface area (TPSA) is 93.8 Å². The van der Waals surface area contributed by atoms with Crippen LogP contribution in [0, 0.1) is 6.92 Å². The SMILES string of the molecule is CCC(N)(CC)CNC(=O)c1sc(-c2ncccn2)nc1C.Cl. The van der Waals surface area contributed by atoms with Gasteiger partial charge in [-0.1, -0.05) is 13.8 Å². The van der Waals surface area contributed by atoms with Crippen molar-refractivity contribution in [2.24, 2.45) is 5.73 Å². The Morgan fingerprint density at radius 3 is 2.48 bits per heavy atom. The van der Waals surface area contributed by atoms with Crippen LogP contribution in [0.2, 0.25) is 0 Å². The first-order valence-electron chi connectivity index (χ1n) is 7.31. The summed E-state index contributed by atoms with van der Waals surface area (Å²) >= 11 is 1.30. The van der Waals surface area contributed by atoms with E-state index < -0.39 is 0 Å². The molecule has 126 valence electrons. The van der Waals surface area contributed by atoms with Crippen molar-refractivity contribution in [1.29, 1.82) is 0 Å². The summed E-state index contributed by atoms with van der Waals surface area (Å²) in [6.45, 7) is 6.32. The second-order valence-corrected chi connectivity index (χ2v) is 6.26. The molecule has 0 aliphatic carbocycles. The first-order chi connectivity index (χ1) is 10.5. The van der Waals surface area contributed by atoms with Crippen molar-refractivity contribution in [3.8, 4) is 10.8 Å². The highest BCUT2D eigenvalue weighted by Gasteiger charge is 2.23. The third-order valence-corrected chi connectivity index (χ3v) is 4.92. The molecule has 0 saturated heterocycles. The lowest BCUT2D eigenvalue weighted by molar-refractivity contribution is 0.0945. The van der Waals surface area contributed by atoms with Gasteiger partial charge in [0.1, 0.15) is 4.88 Å². The molecule has 0 aliphatic heterocycles. The molecule has 2 heterocycles. The lowest BCUT2D eigenvalue weighted by Gasteiger charge is -2.26. The highest BCUT2D eigenvalue weighted by molar-refractivity contribution is 7.17. The second kappa shape index (κ2) is 8.33. The van der Waals surface area contributed by atoms with Crippen LogP contribution in [-0.4, -0.2) is 32.9 Å². The summed E-state index contributed by atoms with van der Waals surface area (Å²) in [7, 11) is 0. The van der Waals surface area contributed by atoms with E-state index in [0.717, 1.165) is 12.8 Å². The molecule has 6 nitrogen and oxygen atoms in total. The van der Waals surface area contributed by atoms with Gasteiger partial charge in [-0.25, -0.2) is 15.0 Å². The molecule has 0 spiro atoms. The van der Waals surface area contributed by atoms with Crippen LogP contribution in [0.1, 0.15) is 42.1 Å². The van der Waals surface area contributed by atoms with Gasteiger partial charge in [0.2, 0.25) is 0 Å². The van der Waals surface area contributed by atoms with Crippen molar-refractivity contribution < 1.29 is 4.79 Å². The Labute approximate surface area is 146 Å². The van der Waals surface area contributed by atoms with Gasteiger partial charge in [0.15, 0.2) is 10.8 Å². The van der Waals surface area contributed by atoms with E-state index in [9.17, 15) is 4.79 Å². The molecule has 3 N–H and O–H groups in total. The van der Waals surface area contributed by atoms with Crippen molar-refractivity contribution in [2.75, 3.05) is 6.54 Å². The summed E-state index contributed by atoms with van der Waals surface area (Å²) in [4.78, 5) is 25.6. The van der Waals surface area contributed by atoms with Crippen LogP contribution in [-0.2, 0) is 0 Å². The van der Waals surface area contributed by atoms with Crippen LogP contribution >= 0.6 is 23.7 Å². The number of thiazole rings is 1. The summed E-state index contributed by atoms with van der Waals surface area (Å²) in [6, 6.07) is 1.74. The number of hydrogen-bond acceptors (Lipinski definition) is 6. The molecule has 0 unspecified atom stereocenters. The van der Waals surface area contributed by atoms with Crippen molar-refractivity contribution in [3.05, 3.63) is 29.0 Å². The summed E-state index contributed by atoms with van der Waals surface area (Å²) < 4.78 is 0. The van der Waals surface area contributed by atoms with Gasteiger partial charge in [0.25, 0.3) is 5.91 Å². The van der Waals surface area contributed by atoms with Gasteiger partial charge < -0.3 is 11.1 Å². The number of nitrogens with one attached hydrogen (secondary N) is 1. The minimum atomic E-state index is -0.361. The van der Waals surface area contributed by atoms with E-state index in [1.165, 1.54) is 11.3 Å². The number of rotatable bonds is 6. The predicted octanol–water partition coefficient (Wildman–Crippen LogP) is 2.58. The van der Waals surface area contributed by atoms with Gasteiger partial charge in [-0.15, -0.1) is 23.7 Å². The van der Waals surface area contributed by atoms with Gasteiger partial charge in [-0.3, -0.25) is 4.79 Å². The first-order valence-corrected chi connectivity index (χ1v) is 8.12. The molecule has 0 bridgehead atoms. The van der Waals surface area contributed by atoms with E-state index in [4.69, 9.17) is 5.73 Å². The molecule has 8 heteroatoms. The summed E-state index contributed by atoms with van der Waals surface area (Å²) in [5.41, 5.74) is 6.53. The maximum atomic E-state index is 12.4. The van der Waals surface area contributed by atoms with Crippen molar-refractivity contribution >= 4 is 29.7 Å². The monoisotopic (exact) mass is 355 g/mol. The average molecular weight is 356 g/mol. The second-order valence-electron chi connectivity index (χ2n) is 5.26. The summed E-state index contributed by atoms with van der Waals surface area (Å²) in [5, 5.41) is 3.56. The van der Waals surface area contributed by atoms with E-state index in [1.807, 2.05) is 20.8 Å². The number of carbonyl (C=O) groups is 1. The van der Waals surface area contributed by atoms with Gasteiger partial charge in [-0.05, 0) is 25.8 Å². The lowest BCUT2D eigenvalue weighted by atomic mass is 9.94. The fraction of sp³-hybridized carbons (Fsp3) is 0.467. The van der Waals surface area contributed by atoms with E-state index in [0.29, 0.717) is 27.9 Å². The number of aromatic nitrogens is 3. The predicted molar refractivity (Wildman–Crippen MR) is 95.0 cm³/mol. The summed E-state index contributed by atoms with van der Waals surface area (Å²) in [5.74, 6) is 0.388. The fourth-order valence-corrected chi connectivity index (χ4v) is 2.88. The van der Waals surface area contributed by atoms with E-state index in [2.05, 4.69) is 20.3 Å². The minimum Gasteiger partial charge on any atom is -0.349 e. The third-order valence-electron chi connectivity index (χ3n) is 3.77. The van der Waals surface area contributed by atoms with Crippen molar-refractivity contribution in [2.45, 2.75) is 39.2 Å². The van der Waals surface area contributed by atoms with Crippen LogP contribution in [0.4, 0.5) is 0 Å². The Kier molecular flexibility index (Phi) is 7.05. The smallest absolute Gasteiger partial charge is 0.263 e. The molecule has 2 aromatic heterocycles. The number of aryl methyl sites for hydroxylation is 1. The molecule has 0 aliphatic rings. The Morgan fingerprint density at radius 1 is 1.30 bits per heavy atom. The maximum Gasteiger partial charge on any atom is 0.263 e. The largest absolute Gasteiger partial charge is 0.349 e. The molecule has 23 heavy (non-hydrogen) atoms. The van der Waals surface area contributed by atoms with E-state index in [-0.39, 0.29) is 23.9 Å². The standard InChI is InChI=1S/C15H21N5OS.ClH/c1-4-15(16,5-2)9-19-13(21)11-10(3)20-14(22-11)12-17-7-6-8-18-12;/h6-8H,4-5,9,16H2,1-3H3,(H,19,21);1H. The molecule has 0 saturated carbocycles. The Bertz CT molecular complexity index is 643. The number of nitrogens with two attached hydrogens (primary N) is 1. The fourth-order valence-electron chi connectivity index (χ4n) is 1.95. The molecular formula is C15H22ClN5OS. The number of nitrogens with zero attached hydrogens (tertiary/aromatic N) is 3. The summed E-state index contributed by atoms with van der Waals surface area (Å²) in [6.07, 6.45) is 4.94. The molecule has 1 amide bonds. The van der Waals surface area contributed by atoms with Gasteiger partial charge in [0, 0.05) is 24.5 Å². The zero-order valence-corrected chi connectivity index (χ0v) is 15.1. The molecular weight excluding hydrogens is 334 g/mol. The molecule has 2 rings (SSSR count). The quantitative estimate of drug-likeness (QED) is 0.830. The third kappa shape index (κ3) is 4.70. The number of hydrogen-bond donors (Lipinski definition) is 2. The van der Waals surface area contributed by atoms with E-state index in [1.54, 1.807) is 18.5 Å². The molecule has 0 atom stereocenters. The van der Waals surface area contributed by atoms with Crippen LogP contribution < -0.4 is 11.1 Å². The number of carbonyl (C=O) groups excluding carboxylic acids is 1. The molecule has 0 fully saturated rings. The van der Waals surface area contributed by atoms with Crippen molar-refractivity contribution in [3.63, 3.8) is 0 Å². The van der Waals surface area contributed by atoms with Crippen LogP contribution in [0.25, 0.3) is 10.8 Å². The highest BCUT2D eigenvalue weighted by Crippen LogP contribution is 2.25. The zero-order valence-electron chi connectivity index (χ0n) is 13.5. The molecule has 0 radical (unpaired) electrons. The first kappa shape index (κ1) is 19.5. The van der Waals surface area contributed by atoms with Gasteiger partial charge >= 0.3 is 0 Å². The van der Waals surface area contributed by atoms with Gasteiger partial charge in [0.05, 0.1) is 5.69 Å². The number of halogens is 1. The zero-order chi connectivity index (χ0) is 16.2. The average Bonchev–Trinajstić information content (AvgIpc) is 2.95. The number of amides is 1.